The zero-order valence-corrected chi connectivity index (χ0v) is 16.1. The van der Waals surface area contributed by atoms with Crippen LogP contribution in [0.2, 0.25) is 0 Å². The molecule has 5 heteroatoms. The maximum atomic E-state index is 12.4. The molecule has 1 N–H and O–H groups in total. The molecule has 0 radical (unpaired) electrons. The van der Waals surface area contributed by atoms with Crippen LogP contribution in [0.4, 0.5) is 0 Å². The Morgan fingerprint density at radius 2 is 1.65 bits per heavy atom. The fourth-order valence-electron chi connectivity index (χ4n) is 3.32. The van der Waals surface area contributed by atoms with E-state index in [1.807, 2.05) is 6.07 Å². The van der Waals surface area contributed by atoms with Gasteiger partial charge in [-0.25, -0.2) is 0 Å². The number of amides is 1. The molecule has 0 saturated carbocycles. The van der Waals surface area contributed by atoms with Crippen LogP contribution in [-0.2, 0) is 23.9 Å². The van der Waals surface area contributed by atoms with Crippen molar-refractivity contribution in [2.45, 2.75) is 37.2 Å². The second kappa shape index (κ2) is 9.10. The van der Waals surface area contributed by atoms with Crippen LogP contribution in [-0.4, -0.2) is 34.4 Å². The monoisotopic (exact) mass is 370 g/mol. The number of carbonyl (C=O) groups is 1. The first-order valence-corrected chi connectivity index (χ1v) is 10.7. The fraction of sp³-hybridized carbons (Fsp3) is 0.381. The predicted molar refractivity (Wildman–Crippen MR) is 106 cm³/mol. The summed E-state index contributed by atoms with van der Waals surface area (Å²) < 4.78 is 11.4. The third kappa shape index (κ3) is 5.02. The molecule has 0 aromatic heterocycles. The largest absolute Gasteiger partial charge is 0.348 e. The van der Waals surface area contributed by atoms with E-state index in [9.17, 15) is 9.00 Å². The summed E-state index contributed by atoms with van der Waals surface area (Å²) in [5.74, 6) is -0.105. The van der Waals surface area contributed by atoms with Gasteiger partial charge in [0, 0.05) is 40.6 Å². The van der Waals surface area contributed by atoms with Crippen LogP contribution < -0.4 is 5.32 Å². The minimum atomic E-state index is -1.03. The van der Waals surface area contributed by atoms with E-state index >= 15 is 0 Å². The molecule has 1 amide bonds. The second-order valence-electron chi connectivity index (χ2n) is 6.77. The van der Waals surface area contributed by atoms with Gasteiger partial charge in [0.15, 0.2) is 0 Å². The Labute approximate surface area is 158 Å². The zero-order chi connectivity index (χ0) is 18.4. The summed E-state index contributed by atoms with van der Waals surface area (Å²) in [5.41, 5.74) is 3.04. The van der Waals surface area contributed by atoms with Gasteiger partial charge in [-0.05, 0) is 61.3 Å². The van der Waals surface area contributed by atoms with E-state index in [1.165, 1.54) is 24.8 Å². The van der Waals surface area contributed by atoms with Crippen molar-refractivity contribution in [3.8, 4) is 0 Å². The van der Waals surface area contributed by atoms with Crippen molar-refractivity contribution in [2.24, 2.45) is 0 Å². The average Bonchev–Trinajstić information content (AvgIpc) is 2.68. The maximum absolute atomic E-state index is 12.4. The van der Waals surface area contributed by atoms with Crippen LogP contribution in [0.1, 0.15) is 40.7 Å². The minimum absolute atomic E-state index is 0.105. The standard InChI is InChI=1S/C21H26N2O2S/c1-26(25)20-11-9-17(10-12-20)21(24)22-15-18-7-3-4-8-19(18)16-23-13-5-2-6-14-23/h3-4,7-12H,2,5-6,13-16H2,1H3,(H,22,24). The van der Waals surface area contributed by atoms with Gasteiger partial charge in [-0.2, -0.15) is 0 Å². The summed E-state index contributed by atoms with van der Waals surface area (Å²) >= 11 is 0. The van der Waals surface area contributed by atoms with Gasteiger partial charge in [0.1, 0.15) is 0 Å². The highest BCUT2D eigenvalue weighted by molar-refractivity contribution is 7.84. The third-order valence-electron chi connectivity index (χ3n) is 4.85. The molecule has 1 aliphatic rings. The molecule has 1 fully saturated rings. The van der Waals surface area contributed by atoms with Crippen molar-refractivity contribution >= 4 is 16.7 Å². The molecule has 3 rings (SSSR count). The van der Waals surface area contributed by atoms with Crippen LogP contribution in [0.25, 0.3) is 0 Å². The lowest BCUT2D eigenvalue weighted by Crippen LogP contribution is -2.30. The zero-order valence-electron chi connectivity index (χ0n) is 15.2. The number of nitrogens with one attached hydrogen (secondary N) is 1. The number of carbonyl (C=O) groups excluding carboxylic acids is 1. The minimum Gasteiger partial charge on any atom is -0.348 e. The predicted octanol–water partition coefficient (Wildman–Crippen LogP) is 3.34. The molecule has 2 aromatic carbocycles. The van der Waals surface area contributed by atoms with Gasteiger partial charge in [-0.1, -0.05) is 30.7 Å². The average molecular weight is 371 g/mol. The van der Waals surface area contributed by atoms with Gasteiger partial charge in [0.05, 0.1) is 0 Å². The molecule has 4 nitrogen and oxygen atoms in total. The Bertz CT molecular complexity index is 768. The quantitative estimate of drug-likeness (QED) is 0.848. The summed E-state index contributed by atoms with van der Waals surface area (Å²) in [4.78, 5) is 15.6. The van der Waals surface area contributed by atoms with E-state index < -0.39 is 10.8 Å². The van der Waals surface area contributed by atoms with Crippen LogP contribution in [0.3, 0.4) is 0 Å². The maximum Gasteiger partial charge on any atom is 0.251 e. The van der Waals surface area contributed by atoms with Crippen LogP contribution >= 0.6 is 0 Å². The Kier molecular flexibility index (Phi) is 6.58. The highest BCUT2D eigenvalue weighted by atomic mass is 32.2. The molecule has 138 valence electrons. The summed E-state index contributed by atoms with van der Waals surface area (Å²) in [7, 11) is -1.03. The molecule has 2 aromatic rings. The third-order valence-corrected chi connectivity index (χ3v) is 5.78. The molecule has 1 saturated heterocycles. The Balaban J connectivity index is 1.61. The van der Waals surface area contributed by atoms with E-state index in [2.05, 4.69) is 28.4 Å². The van der Waals surface area contributed by atoms with Crippen molar-refractivity contribution < 1.29 is 9.00 Å². The van der Waals surface area contributed by atoms with Gasteiger partial charge in [0.25, 0.3) is 5.91 Å². The molecular formula is C21H26N2O2S. The van der Waals surface area contributed by atoms with Gasteiger partial charge >= 0.3 is 0 Å². The number of benzene rings is 2. The lowest BCUT2D eigenvalue weighted by molar-refractivity contribution is 0.0950. The molecule has 1 aliphatic heterocycles. The number of rotatable bonds is 6. The van der Waals surface area contributed by atoms with Gasteiger partial charge in [0.2, 0.25) is 0 Å². The smallest absolute Gasteiger partial charge is 0.251 e. The highest BCUT2D eigenvalue weighted by Crippen LogP contribution is 2.16. The number of hydrogen-bond acceptors (Lipinski definition) is 3. The van der Waals surface area contributed by atoms with Crippen molar-refractivity contribution in [3.63, 3.8) is 0 Å². The topological polar surface area (TPSA) is 49.4 Å². The molecular weight excluding hydrogens is 344 g/mol. The van der Waals surface area contributed by atoms with Crippen LogP contribution in [0.5, 0.6) is 0 Å². The first-order chi connectivity index (χ1) is 12.6. The van der Waals surface area contributed by atoms with Crippen LogP contribution in [0, 0.1) is 0 Å². The summed E-state index contributed by atoms with van der Waals surface area (Å²) in [6.07, 6.45) is 5.52. The van der Waals surface area contributed by atoms with E-state index in [0.717, 1.165) is 30.1 Å². The van der Waals surface area contributed by atoms with Gasteiger partial charge in [-0.3, -0.25) is 13.9 Å². The van der Waals surface area contributed by atoms with Crippen molar-refractivity contribution in [1.82, 2.24) is 10.2 Å². The molecule has 1 heterocycles. The Morgan fingerprint density at radius 3 is 2.31 bits per heavy atom. The normalized spacial score (nSPS) is 16.2. The SMILES string of the molecule is CS(=O)c1ccc(C(=O)NCc2ccccc2CN2CCCCC2)cc1. The number of hydrogen-bond donors (Lipinski definition) is 1. The summed E-state index contributed by atoms with van der Waals surface area (Å²) in [6.45, 7) is 3.78. The van der Waals surface area contributed by atoms with Crippen molar-refractivity contribution in [1.29, 1.82) is 0 Å². The van der Waals surface area contributed by atoms with Gasteiger partial charge in [-0.15, -0.1) is 0 Å². The Hall–Kier alpha value is -1.98. The summed E-state index contributed by atoms with van der Waals surface area (Å²) in [5, 5.41) is 3.01. The lowest BCUT2D eigenvalue weighted by Gasteiger charge is -2.27. The highest BCUT2D eigenvalue weighted by Gasteiger charge is 2.13. The first-order valence-electron chi connectivity index (χ1n) is 9.14. The molecule has 0 spiro atoms. The fourth-order valence-corrected chi connectivity index (χ4v) is 3.84. The second-order valence-corrected chi connectivity index (χ2v) is 8.15. The van der Waals surface area contributed by atoms with E-state index in [1.54, 1.807) is 30.5 Å². The number of piperidine rings is 1. The molecule has 1 atom stereocenters. The molecule has 0 aliphatic carbocycles. The number of likely N-dealkylation sites (tertiary alicyclic amines) is 1. The molecule has 1 unspecified atom stereocenters. The summed E-state index contributed by atoms with van der Waals surface area (Å²) in [6, 6.07) is 15.3. The lowest BCUT2D eigenvalue weighted by atomic mass is 10.0. The van der Waals surface area contributed by atoms with Crippen LogP contribution in [0.15, 0.2) is 53.4 Å². The molecule has 0 bridgehead atoms. The van der Waals surface area contributed by atoms with Crippen molar-refractivity contribution in [3.05, 3.63) is 65.2 Å². The van der Waals surface area contributed by atoms with Crippen molar-refractivity contribution in [2.75, 3.05) is 19.3 Å². The van der Waals surface area contributed by atoms with E-state index in [4.69, 9.17) is 0 Å². The van der Waals surface area contributed by atoms with E-state index in [-0.39, 0.29) is 5.91 Å². The van der Waals surface area contributed by atoms with E-state index in [0.29, 0.717) is 12.1 Å². The van der Waals surface area contributed by atoms with Gasteiger partial charge < -0.3 is 5.32 Å². The number of nitrogens with zero attached hydrogens (tertiary/aromatic N) is 1. The Morgan fingerprint density at radius 1 is 1.00 bits per heavy atom. The first kappa shape index (κ1) is 18.8. The molecule has 26 heavy (non-hydrogen) atoms.